The van der Waals surface area contributed by atoms with Crippen molar-refractivity contribution in [3.63, 3.8) is 0 Å². The number of anilines is 2. The predicted octanol–water partition coefficient (Wildman–Crippen LogP) is 3.13. The monoisotopic (exact) mass is 232 g/mol. The number of nitrogens with one attached hydrogen (secondary N) is 2. The molecule has 17 heavy (non-hydrogen) atoms. The maximum absolute atomic E-state index is 11.8. The minimum atomic E-state index is 0.0217. The molecule has 0 aromatic heterocycles. The molecule has 0 aliphatic carbocycles. The van der Waals surface area contributed by atoms with Crippen LogP contribution in [0, 0.1) is 0 Å². The third kappa shape index (κ3) is 2.43. The summed E-state index contributed by atoms with van der Waals surface area (Å²) in [6.07, 6.45) is 0.512. The van der Waals surface area contributed by atoms with Gasteiger partial charge in [-0.2, -0.15) is 0 Å². The SMILES string of the molecule is CC1CC(=O)Nc2c(cccc2C(C)(C)C)N1. The molecule has 1 aromatic rings. The van der Waals surface area contributed by atoms with Gasteiger partial charge >= 0.3 is 0 Å². The summed E-state index contributed by atoms with van der Waals surface area (Å²) in [7, 11) is 0. The number of hydrogen-bond acceptors (Lipinski definition) is 2. The highest BCUT2D eigenvalue weighted by molar-refractivity contribution is 5.97. The summed E-state index contributed by atoms with van der Waals surface area (Å²) < 4.78 is 0. The molecule has 0 radical (unpaired) electrons. The molecule has 1 atom stereocenters. The zero-order valence-electron chi connectivity index (χ0n) is 10.9. The van der Waals surface area contributed by atoms with Crippen molar-refractivity contribution < 1.29 is 4.79 Å². The van der Waals surface area contributed by atoms with Crippen LogP contribution < -0.4 is 10.6 Å². The van der Waals surface area contributed by atoms with Gasteiger partial charge in [-0.05, 0) is 24.0 Å². The smallest absolute Gasteiger partial charge is 0.226 e. The minimum Gasteiger partial charge on any atom is -0.380 e. The highest BCUT2D eigenvalue weighted by Crippen LogP contribution is 2.36. The molecule has 1 aliphatic heterocycles. The van der Waals surface area contributed by atoms with Crippen LogP contribution in [0.4, 0.5) is 11.4 Å². The predicted molar refractivity (Wildman–Crippen MR) is 71.5 cm³/mol. The standard InChI is InChI=1S/C14H20N2O/c1-9-8-12(17)16-13-10(14(2,3)4)6-5-7-11(13)15-9/h5-7,9,15H,8H2,1-4H3,(H,16,17). The van der Waals surface area contributed by atoms with Crippen molar-refractivity contribution >= 4 is 17.3 Å². The molecular formula is C14H20N2O. The number of hydrogen-bond donors (Lipinski definition) is 2. The van der Waals surface area contributed by atoms with E-state index in [1.54, 1.807) is 0 Å². The summed E-state index contributed by atoms with van der Waals surface area (Å²) in [6.45, 7) is 8.49. The molecule has 2 rings (SSSR count). The highest BCUT2D eigenvalue weighted by atomic mass is 16.1. The zero-order chi connectivity index (χ0) is 12.6. The third-order valence-corrected chi connectivity index (χ3v) is 3.03. The van der Waals surface area contributed by atoms with Gasteiger partial charge in [0.05, 0.1) is 11.4 Å². The average Bonchev–Trinajstić information content (AvgIpc) is 2.31. The minimum absolute atomic E-state index is 0.0217. The Hall–Kier alpha value is -1.51. The molecule has 0 saturated heterocycles. The number of rotatable bonds is 0. The first-order chi connectivity index (χ1) is 7.88. The van der Waals surface area contributed by atoms with E-state index in [9.17, 15) is 4.79 Å². The van der Waals surface area contributed by atoms with E-state index in [-0.39, 0.29) is 17.4 Å². The van der Waals surface area contributed by atoms with Crippen LogP contribution in [0.2, 0.25) is 0 Å². The molecule has 1 aliphatic rings. The lowest BCUT2D eigenvalue weighted by molar-refractivity contribution is -0.116. The Morgan fingerprint density at radius 3 is 2.65 bits per heavy atom. The van der Waals surface area contributed by atoms with Crippen LogP contribution in [-0.2, 0) is 10.2 Å². The lowest BCUT2D eigenvalue weighted by atomic mass is 9.85. The lowest BCUT2D eigenvalue weighted by Gasteiger charge is -2.24. The number of amides is 1. The van der Waals surface area contributed by atoms with Gasteiger partial charge in [-0.3, -0.25) is 4.79 Å². The molecule has 0 spiro atoms. The molecule has 3 heteroatoms. The van der Waals surface area contributed by atoms with Crippen LogP contribution >= 0.6 is 0 Å². The normalized spacial score (nSPS) is 20.0. The fourth-order valence-corrected chi connectivity index (χ4v) is 2.22. The van der Waals surface area contributed by atoms with Crippen molar-refractivity contribution in [1.29, 1.82) is 0 Å². The molecule has 1 heterocycles. The van der Waals surface area contributed by atoms with E-state index < -0.39 is 0 Å². The van der Waals surface area contributed by atoms with Gasteiger partial charge in [0.25, 0.3) is 0 Å². The molecule has 1 unspecified atom stereocenters. The van der Waals surface area contributed by atoms with Gasteiger partial charge in [0, 0.05) is 12.5 Å². The number of para-hydroxylation sites is 1. The van der Waals surface area contributed by atoms with Crippen molar-refractivity contribution in [3.05, 3.63) is 23.8 Å². The summed E-state index contributed by atoms with van der Waals surface area (Å²) in [5, 5.41) is 6.41. The van der Waals surface area contributed by atoms with Crippen molar-refractivity contribution in [2.45, 2.75) is 45.6 Å². The van der Waals surface area contributed by atoms with Crippen molar-refractivity contribution in [1.82, 2.24) is 0 Å². The van der Waals surface area contributed by atoms with Gasteiger partial charge < -0.3 is 10.6 Å². The Kier molecular flexibility index (Phi) is 2.86. The molecular weight excluding hydrogens is 212 g/mol. The fourth-order valence-electron chi connectivity index (χ4n) is 2.22. The van der Waals surface area contributed by atoms with E-state index in [0.717, 1.165) is 11.4 Å². The Morgan fingerprint density at radius 1 is 1.29 bits per heavy atom. The second-order valence-corrected chi connectivity index (χ2v) is 5.78. The first-order valence-electron chi connectivity index (χ1n) is 6.08. The quantitative estimate of drug-likeness (QED) is 0.721. The largest absolute Gasteiger partial charge is 0.380 e. The number of benzene rings is 1. The molecule has 0 fully saturated rings. The van der Waals surface area contributed by atoms with Gasteiger partial charge in [0.2, 0.25) is 5.91 Å². The van der Waals surface area contributed by atoms with Gasteiger partial charge in [0.15, 0.2) is 0 Å². The highest BCUT2D eigenvalue weighted by Gasteiger charge is 2.24. The average molecular weight is 232 g/mol. The fraction of sp³-hybridized carbons (Fsp3) is 0.500. The van der Waals surface area contributed by atoms with Crippen molar-refractivity contribution in [2.24, 2.45) is 0 Å². The summed E-state index contributed by atoms with van der Waals surface area (Å²) >= 11 is 0. The second-order valence-electron chi connectivity index (χ2n) is 5.78. The van der Waals surface area contributed by atoms with Crippen LogP contribution in [-0.4, -0.2) is 11.9 Å². The third-order valence-electron chi connectivity index (χ3n) is 3.03. The molecule has 1 amide bonds. The van der Waals surface area contributed by atoms with Gasteiger partial charge in [-0.15, -0.1) is 0 Å². The van der Waals surface area contributed by atoms with E-state index >= 15 is 0 Å². The number of fused-ring (bicyclic) bond motifs is 1. The maximum Gasteiger partial charge on any atom is 0.226 e. The van der Waals surface area contributed by atoms with E-state index in [2.05, 4.69) is 37.5 Å². The van der Waals surface area contributed by atoms with E-state index in [1.807, 2.05) is 19.1 Å². The van der Waals surface area contributed by atoms with Crippen LogP contribution in [0.5, 0.6) is 0 Å². The van der Waals surface area contributed by atoms with E-state index in [1.165, 1.54) is 5.56 Å². The number of carbonyl (C=O) groups excluding carboxylic acids is 1. The molecule has 92 valence electrons. The number of carbonyl (C=O) groups is 1. The molecule has 3 nitrogen and oxygen atoms in total. The van der Waals surface area contributed by atoms with E-state index in [4.69, 9.17) is 0 Å². The molecule has 0 bridgehead atoms. The van der Waals surface area contributed by atoms with Crippen LogP contribution in [0.25, 0.3) is 0 Å². The van der Waals surface area contributed by atoms with Gasteiger partial charge in [-0.25, -0.2) is 0 Å². The Bertz CT molecular complexity index is 446. The maximum atomic E-state index is 11.8. The lowest BCUT2D eigenvalue weighted by Crippen LogP contribution is -2.19. The first-order valence-corrected chi connectivity index (χ1v) is 6.08. The summed E-state index contributed by atoms with van der Waals surface area (Å²) in [4.78, 5) is 11.8. The van der Waals surface area contributed by atoms with Crippen molar-refractivity contribution in [2.75, 3.05) is 10.6 Å². The molecule has 1 aromatic carbocycles. The Labute approximate surface area is 103 Å². The second kappa shape index (κ2) is 4.06. The van der Waals surface area contributed by atoms with Crippen LogP contribution in [0.1, 0.15) is 39.7 Å². The Balaban J connectivity index is 2.53. The van der Waals surface area contributed by atoms with Gasteiger partial charge in [-0.1, -0.05) is 32.9 Å². The Morgan fingerprint density at radius 2 is 2.00 bits per heavy atom. The van der Waals surface area contributed by atoms with E-state index in [0.29, 0.717) is 6.42 Å². The van der Waals surface area contributed by atoms with Crippen molar-refractivity contribution in [3.8, 4) is 0 Å². The van der Waals surface area contributed by atoms with Gasteiger partial charge in [0.1, 0.15) is 0 Å². The first kappa shape index (κ1) is 12.0. The van der Waals surface area contributed by atoms with Crippen LogP contribution in [0.15, 0.2) is 18.2 Å². The zero-order valence-corrected chi connectivity index (χ0v) is 10.9. The summed E-state index contributed by atoms with van der Waals surface area (Å²) in [5.74, 6) is 0.0837. The topological polar surface area (TPSA) is 41.1 Å². The molecule has 0 saturated carbocycles. The summed E-state index contributed by atoms with van der Waals surface area (Å²) in [5.41, 5.74) is 3.16. The molecule has 2 N–H and O–H groups in total. The van der Waals surface area contributed by atoms with Crippen LogP contribution in [0.3, 0.4) is 0 Å². The summed E-state index contributed by atoms with van der Waals surface area (Å²) in [6, 6.07) is 6.31.